The van der Waals surface area contributed by atoms with Crippen LogP contribution >= 0.6 is 0 Å². The summed E-state index contributed by atoms with van der Waals surface area (Å²) in [7, 11) is 1.48. The van der Waals surface area contributed by atoms with Gasteiger partial charge in [-0.1, -0.05) is 0 Å². The Labute approximate surface area is 172 Å². The fourth-order valence-electron chi connectivity index (χ4n) is 3.61. The van der Waals surface area contributed by atoms with Gasteiger partial charge in [-0.25, -0.2) is 19.7 Å². The van der Waals surface area contributed by atoms with E-state index in [1.54, 1.807) is 10.9 Å². The Hall–Kier alpha value is -2.99. The minimum absolute atomic E-state index is 0.0318. The number of fused-ring (bicyclic) bond motifs is 1. The Kier molecular flexibility index (Phi) is 5.95. The third-order valence-electron chi connectivity index (χ3n) is 4.97. The van der Waals surface area contributed by atoms with Crippen molar-refractivity contribution in [3.63, 3.8) is 0 Å². The van der Waals surface area contributed by atoms with Gasteiger partial charge in [-0.05, 0) is 6.42 Å². The van der Waals surface area contributed by atoms with Crippen molar-refractivity contribution in [2.45, 2.75) is 44.2 Å². The largest absolute Gasteiger partial charge is 0.458 e. The number of rotatable bonds is 6. The highest BCUT2D eigenvalue weighted by atomic mass is 16.6. The van der Waals surface area contributed by atoms with E-state index in [1.165, 1.54) is 20.3 Å². The number of alkyl carbamates (subject to hydrolysis) is 1. The van der Waals surface area contributed by atoms with Crippen LogP contribution in [-0.2, 0) is 23.7 Å². The van der Waals surface area contributed by atoms with Crippen molar-refractivity contribution >= 4 is 29.0 Å². The van der Waals surface area contributed by atoms with E-state index in [1.807, 2.05) is 0 Å². The highest BCUT2D eigenvalue weighted by Gasteiger charge is 2.40. The first-order valence-electron chi connectivity index (χ1n) is 9.74. The Morgan fingerprint density at radius 1 is 1.33 bits per heavy atom. The summed E-state index contributed by atoms with van der Waals surface area (Å²) in [6.45, 7) is 2.69. The van der Waals surface area contributed by atoms with Crippen LogP contribution in [-0.4, -0.2) is 76.7 Å². The van der Waals surface area contributed by atoms with Gasteiger partial charge >= 0.3 is 12.1 Å². The highest BCUT2D eigenvalue weighted by Crippen LogP contribution is 2.34. The van der Waals surface area contributed by atoms with E-state index in [0.717, 1.165) is 6.42 Å². The monoisotopic (exact) mass is 420 g/mol. The van der Waals surface area contributed by atoms with E-state index in [2.05, 4.69) is 25.6 Å². The van der Waals surface area contributed by atoms with Gasteiger partial charge in [-0.3, -0.25) is 9.36 Å². The minimum Gasteiger partial charge on any atom is -0.458 e. The Morgan fingerprint density at radius 2 is 2.20 bits per heavy atom. The number of hydrogen-bond donors (Lipinski definition) is 2. The quantitative estimate of drug-likeness (QED) is 0.639. The summed E-state index contributed by atoms with van der Waals surface area (Å²) in [5.74, 6) is 0.180. The number of aromatic nitrogens is 4. The molecule has 2 fully saturated rings. The molecule has 2 aliphatic rings. The van der Waals surface area contributed by atoms with Crippen LogP contribution in [0.2, 0.25) is 0 Å². The molecular formula is C18H24N6O6. The van der Waals surface area contributed by atoms with Gasteiger partial charge in [0.05, 0.1) is 25.1 Å². The smallest absolute Gasteiger partial charge is 0.406 e. The molecule has 0 radical (unpaired) electrons. The molecule has 0 aliphatic carbocycles. The van der Waals surface area contributed by atoms with E-state index < -0.39 is 30.5 Å². The van der Waals surface area contributed by atoms with Crippen molar-refractivity contribution in [1.29, 1.82) is 0 Å². The van der Waals surface area contributed by atoms with Crippen molar-refractivity contribution in [3.8, 4) is 0 Å². The van der Waals surface area contributed by atoms with Crippen LogP contribution in [0.1, 0.15) is 26.0 Å². The number of nitrogens with zero attached hydrogens (tertiary/aromatic N) is 4. The number of amides is 1. The molecule has 2 aromatic rings. The van der Waals surface area contributed by atoms with Gasteiger partial charge in [0.2, 0.25) is 0 Å². The molecule has 0 saturated carbocycles. The number of carbonyl (C=O) groups is 2. The molecule has 1 amide bonds. The molecule has 4 rings (SSSR count). The molecule has 2 N–H and O–H groups in total. The molecule has 0 unspecified atom stereocenters. The molecule has 2 aliphatic heterocycles. The lowest BCUT2D eigenvalue weighted by Gasteiger charge is -2.20. The third kappa shape index (κ3) is 4.28. The van der Waals surface area contributed by atoms with Crippen LogP contribution in [0.4, 0.5) is 10.6 Å². The van der Waals surface area contributed by atoms with Gasteiger partial charge in [0.25, 0.3) is 0 Å². The van der Waals surface area contributed by atoms with Gasteiger partial charge in [0.1, 0.15) is 19.0 Å². The van der Waals surface area contributed by atoms with Gasteiger partial charge in [0.15, 0.2) is 23.2 Å². The SMILES string of the molecule is CNC(=O)OC[C@H]1C[C@@H](OC(C)=O)[C@H](n2cnc3c(N[C@@H]4CCOC4)ncnc32)O1. The number of nitrogens with one attached hydrogen (secondary N) is 2. The molecule has 12 heteroatoms. The highest BCUT2D eigenvalue weighted by molar-refractivity contribution is 5.82. The van der Waals surface area contributed by atoms with E-state index in [0.29, 0.717) is 36.6 Å². The summed E-state index contributed by atoms with van der Waals surface area (Å²) in [5.41, 5.74) is 1.13. The van der Waals surface area contributed by atoms with Crippen molar-refractivity contribution in [3.05, 3.63) is 12.7 Å². The zero-order valence-electron chi connectivity index (χ0n) is 16.7. The minimum atomic E-state index is -0.658. The molecule has 162 valence electrons. The zero-order valence-corrected chi connectivity index (χ0v) is 16.7. The lowest BCUT2D eigenvalue weighted by Crippen LogP contribution is -2.25. The van der Waals surface area contributed by atoms with E-state index >= 15 is 0 Å². The van der Waals surface area contributed by atoms with Crippen LogP contribution in [0, 0.1) is 0 Å². The number of esters is 1. The number of anilines is 1. The lowest BCUT2D eigenvalue weighted by atomic mass is 10.2. The first kappa shape index (κ1) is 20.3. The Morgan fingerprint density at radius 3 is 2.93 bits per heavy atom. The van der Waals surface area contributed by atoms with Crippen LogP contribution in [0.3, 0.4) is 0 Å². The molecule has 12 nitrogen and oxygen atoms in total. The van der Waals surface area contributed by atoms with Gasteiger partial charge in [-0.2, -0.15) is 0 Å². The summed E-state index contributed by atoms with van der Waals surface area (Å²) >= 11 is 0. The number of carbonyl (C=O) groups excluding carboxylic acids is 2. The second-order valence-corrected chi connectivity index (χ2v) is 7.13. The van der Waals surface area contributed by atoms with Gasteiger partial charge < -0.3 is 29.6 Å². The predicted octanol–water partition coefficient (Wildman–Crippen LogP) is 0.602. The summed E-state index contributed by atoms with van der Waals surface area (Å²) in [4.78, 5) is 36.1. The lowest BCUT2D eigenvalue weighted by molar-refractivity contribution is -0.152. The van der Waals surface area contributed by atoms with Crippen LogP contribution in [0.25, 0.3) is 11.2 Å². The maximum Gasteiger partial charge on any atom is 0.406 e. The van der Waals surface area contributed by atoms with Crippen LogP contribution < -0.4 is 10.6 Å². The van der Waals surface area contributed by atoms with E-state index in [-0.39, 0.29) is 12.6 Å². The normalized spacial score (nSPS) is 25.9. The average Bonchev–Trinajstić information content (AvgIpc) is 3.46. The molecule has 30 heavy (non-hydrogen) atoms. The molecule has 2 saturated heterocycles. The first-order valence-corrected chi connectivity index (χ1v) is 9.74. The van der Waals surface area contributed by atoms with Crippen molar-refractivity contribution in [2.75, 3.05) is 32.2 Å². The summed E-state index contributed by atoms with van der Waals surface area (Å²) in [6, 6.07) is 0.163. The van der Waals surface area contributed by atoms with Crippen LogP contribution in [0.15, 0.2) is 12.7 Å². The Bertz CT molecular complexity index is 914. The summed E-state index contributed by atoms with van der Waals surface area (Å²) in [6.07, 6.45) is 2.06. The molecular weight excluding hydrogens is 396 g/mol. The zero-order chi connectivity index (χ0) is 21.1. The third-order valence-corrected chi connectivity index (χ3v) is 4.97. The predicted molar refractivity (Wildman–Crippen MR) is 103 cm³/mol. The van der Waals surface area contributed by atoms with Crippen molar-refractivity contribution < 1.29 is 28.5 Å². The standard InChI is InChI=1S/C18H24N6O6/c1-10(25)29-13-5-12(7-28-18(26)19-2)30-17(13)24-9-22-14-15(20-8-21-16(14)24)23-11-3-4-27-6-11/h8-9,11-13,17H,3-7H2,1-2H3,(H,19,26)(H,20,21,23)/t11-,12-,13-,17-/m1/s1. The average molecular weight is 420 g/mol. The number of hydrogen-bond acceptors (Lipinski definition) is 10. The van der Waals surface area contributed by atoms with E-state index in [4.69, 9.17) is 18.9 Å². The molecule has 0 spiro atoms. The topological polar surface area (TPSA) is 139 Å². The molecule has 0 bridgehead atoms. The van der Waals surface area contributed by atoms with Gasteiger partial charge in [0, 0.05) is 27.0 Å². The first-order chi connectivity index (χ1) is 14.5. The van der Waals surface area contributed by atoms with Gasteiger partial charge in [-0.15, -0.1) is 0 Å². The van der Waals surface area contributed by atoms with Crippen molar-refractivity contribution in [1.82, 2.24) is 24.8 Å². The number of ether oxygens (including phenoxy) is 4. The van der Waals surface area contributed by atoms with E-state index in [9.17, 15) is 9.59 Å². The fraction of sp³-hybridized carbons (Fsp3) is 0.611. The number of imidazole rings is 1. The Balaban J connectivity index is 1.56. The second-order valence-electron chi connectivity index (χ2n) is 7.13. The maximum atomic E-state index is 11.6. The fourth-order valence-corrected chi connectivity index (χ4v) is 3.61. The van der Waals surface area contributed by atoms with Crippen LogP contribution in [0.5, 0.6) is 0 Å². The second kappa shape index (κ2) is 8.79. The molecule has 4 atom stereocenters. The summed E-state index contributed by atoms with van der Waals surface area (Å²) in [5, 5.41) is 5.72. The molecule has 4 heterocycles. The molecule has 0 aromatic carbocycles. The molecule has 2 aromatic heterocycles. The maximum absolute atomic E-state index is 11.6. The summed E-state index contributed by atoms with van der Waals surface area (Å²) < 4.78 is 23.7. The van der Waals surface area contributed by atoms with Crippen molar-refractivity contribution in [2.24, 2.45) is 0 Å².